The molecule has 0 saturated carbocycles. The van der Waals surface area contributed by atoms with Crippen LogP contribution in [0.5, 0.6) is 5.75 Å². The number of fused-ring (bicyclic) bond motifs is 2. The van der Waals surface area contributed by atoms with E-state index in [-0.39, 0.29) is 11.8 Å². The summed E-state index contributed by atoms with van der Waals surface area (Å²) in [6, 6.07) is 20.5. The van der Waals surface area contributed by atoms with E-state index >= 15 is 0 Å². The van der Waals surface area contributed by atoms with Gasteiger partial charge in [0.2, 0.25) is 5.88 Å². The molecule has 0 bridgehead atoms. The quantitative estimate of drug-likeness (QED) is 0.642. The zero-order chi connectivity index (χ0) is 19.1. The molecule has 27 heavy (non-hydrogen) atoms. The highest BCUT2D eigenvalue weighted by Crippen LogP contribution is 2.45. The van der Waals surface area contributed by atoms with Gasteiger partial charge in [-0.05, 0) is 28.5 Å². The number of hydrogen-bond acceptors (Lipinski definition) is 4. The van der Waals surface area contributed by atoms with Crippen molar-refractivity contribution in [3.05, 3.63) is 81.7 Å². The number of rotatable bonds is 2. The van der Waals surface area contributed by atoms with E-state index in [0.717, 1.165) is 32.1 Å². The summed E-state index contributed by atoms with van der Waals surface area (Å²) in [5.41, 5.74) is 9.58. The summed E-state index contributed by atoms with van der Waals surface area (Å²) in [6.45, 7) is 0. The minimum Gasteiger partial charge on any atom is -0.440 e. The molecule has 0 spiro atoms. The number of hydrogen-bond donors (Lipinski definition) is 1. The van der Waals surface area contributed by atoms with Gasteiger partial charge in [0.1, 0.15) is 17.4 Å². The van der Waals surface area contributed by atoms with Gasteiger partial charge in [-0.25, -0.2) is 0 Å². The monoisotopic (exact) mass is 419 g/mol. The van der Waals surface area contributed by atoms with Crippen molar-refractivity contribution in [2.45, 2.75) is 5.92 Å². The van der Waals surface area contributed by atoms with Crippen molar-refractivity contribution in [2.24, 2.45) is 5.73 Å². The summed E-state index contributed by atoms with van der Waals surface area (Å²) < 4.78 is 6.83. The standard InChI is InChI=1S/C22H18BrN3O/c1-26(2)13-9-10-17-20(11-13)27-22(25)18(12-24)21(17)16-7-3-6-15-14(16)5-4-8-19(15)23/h3-11,21H,25H2,1-2H3. The van der Waals surface area contributed by atoms with Gasteiger partial charge >= 0.3 is 0 Å². The lowest BCUT2D eigenvalue weighted by atomic mass is 9.81. The Bertz CT molecular complexity index is 1130. The van der Waals surface area contributed by atoms with E-state index < -0.39 is 0 Å². The SMILES string of the molecule is CN(C)c1ccc2c(c1)OC(N)=C(C#N)C2c1cccc2c(Br)cccc12. The fourth-order valence-corrected chi connectivity index (χ4v) is 4.09. The van der Waals surface area contributed by atoms with Crippen molar-refractivity contribution in [3.63, 3.8) is 0 Å². The zero-order valence-electron chi connectivity index (χ0n) is 15.0. The van der Waals surface area contributed by atoms with E-state index in [1.165, 1.54) is 0 Å². The van der Waals surface area contributed by atoms with Gasteiger partial charge in [-0.1, -0.05) is 52.3 Å². The molecule has 0 fully saturated rings. The molecule has 1 atom stereocenters. The van der Waals surface area contributed by atoms with Gasteiger partial charge in [-0.2, -0.15) is 5.26 Å². The molecule has 4 nitrogen and oxygen atoms in total. The second-order valence-electron chi connectivity index (χ2n) is 6.72. The van der Waals surface area contributed by atoms with Gasteiger partial charge in [0.15, 0.2) is 0 Å². The fourth-order valence-electron chi connectivity index (χ4n) is 3.59. The number of halogens is 1. The molecule has 1 aliphatic rings. The maximum absolute atomic E-state index is 9.80. The molecule has 0 aromatic heterocycles. The average molecular weight is 420 g/mol. The van der Waals surface area contributed by atoms with E-state index in [9.17, 15) is 5.26 Å². The van der Waals surface area contributed by atoms with Crippen molar-refractivity contribution in [2.75, 3.05) is 19.0 Å². The highest BCUT2D eigenvalue weighted by atomic mass is 79.9. The van der Waals surface area contributed by atoms with Gasteiger partial charge in [-0.15, -0.1) is 0 Å². The molecule has 0 amide bonds. The van der Waals surface area contributed by atoms with Gasteiger partial charge in [-0.3, -0.25) is 0 Å². The predicted octanol–water partition coefficient (Wildman–Crippen LogP) is 4.89. The molecule has 3 aromatic rings. The van der Waals surface area contributed by atoms with E-state index in [1.807, 2.05) is 55.4 Å². The van der Waals surface area contributed by atoms with Crippen molar-refractivity contribution in [1.29, 1.82) is 5.26 Å². The number of nitrogens with two attached hydrogens (primary N) is 1. The molecule has 0 saturated heterocycles. The van der Waals surface area contributed by atoms with Crippen LogP contribution in [-0.2, 0) is 0 Å². The van der Waals surface area contributed by atoms with Crippen LogP contribution in [0, 0.1) is 11.3 Å². The molecule has 3 aromatic carbocycles. The Morgan fingerprint density at radius 3 is 2.52 bits per heavy atom. The molecule has 0 radical (unpaired) electrons. The van der Waals surface area contributed by atoms with E-state index in [0.29, 0.717) is 11.3 Å². The largest absolute Gasteiger partial charge is 0.440 e. The Balaban J connectivity index is 2.00. The Morgan fingerprint density at radius 2 is 1.78 bits per heavy atom. The Kier molecular flexibility index (Phi) is 4.29. The van der Waals surface area contributed by atoms with Crippen LogP contribution in [0.25, 0.3) is 10.8 Å². The summed E-state index contributed by atoms with van der Waals surface area (Å²) in [7, 11) is 3.95. The first-order valence-electron chi connectivity index (χ1n) is 8.57. The molecule has 1 aliphatic heterocycles. The molecular weight excluding hydrogens is 402 g/mol. The first-order valence-corrected chi connectivity index (χ1v) is 9.36. The third-order valence-corrected chi connectivity index (χ3v) is 5.62. The van der Waals surface area contributed by atoms with Crippen molar-refractivity contribution in [1.82, 2.24) is 0 Å². The minimum atomic E-state index is -0.270. The fraction of sp³-hybridized carbons (Fsp3) is 0.136. The van der Waals surface area contributed by atoms with E-state index in [4.69, 9.17) is 10.5 Å². The zero-order valence-corrected chi connectivity index (χ0v) is 16.6. The highest BCUT2D eigenvalue weighted by molar-refractivity contribution is 9.10. The van der Waals surface area contributed by atoms with Crippen LogP contribution in [-0.4, -0.2) is 14.1 Å². The van der Waals surface area contributed by atoms with Crippen molar-refractivity contribution < 1.29 is 4.74 Å². The van der Waals surface area contributed by atoms with Gasteiger partial charge in [0.05, 0.1) is 5.92 Å². The lowest BCUT2D eigenvalue weighted by Gasteiger charge is -2.28. The lowest BCUT2D eigenvalue weighted by molar-refractivity contribution is 0.394. The summed E-state index contributed by atoms with van der Waals surface area (Å²) in [4.78, 5) is 2.01. The molecule has 0 aliphatic carbocycles. The predicted molar refractivity (Wildman–Crippen MR) is 112 cm³/mol. The van der Waals surface area contributed by atoms with E-state index in [2.05, 4.69) is 40.2 Å². The Morgan fingerprint density at radius 1 is 1.04 bits per heavy atom. The molecule has 1 heterocycles. The third kappa shape index (κ3) is 2.83. The average Bonchev–Trinajstić information content (AvgIpc) is 2.66. The maximum atomic E-state index is 9.80. The van der Waals surface area contributed by atoms with Gasteiger partial charge < -0.3 is 15.4 Å². The first-order chi connectivity index (χ1) is 13.0. The van der Waals surface area contributed by atoms with Crippen LogP contribution >= 0.6 is 15.9 Å². The van der Waals surface area contributed by atoms with Crippen LogP contribution in [0.1, 0.15) is 17.0 Å². The summed E-state index contributed by atoms with van der Waals surface area (Å²) in [6.07, 6.45) is 0. The lowest BCUT2D eigenvalue weighted by Crippen LogP contribution is -2.21. The maximum Gasteiger partial charge on any atom is 0.205 e. The van der Waals surface area contributed by atoms with Crippen LogP contribution in [0.2, 0.25) is 0 Å². The van der Waals surface area contributed by atoms with Gasteiger partial charge in [0.25, 0.3) is 0 Å². The minimum absolute atomic E-state index is 0.165. The van der Waals surface area contributed by atoms with Gasteiger partial charge in [0, 0.05) is 35.9 Å². The number of allylic oxidation sites excluding steroid dienone is 1. The smallest absolute Gasteiger partial charge is 0.205 e. The number of anilines is 1. The molecule has 4 rings (SSSR count). The topological polar surface area (TPSA) is 62.3 Å². The Hall–Kier alpha value is -2.97. The first kappa shape index (κ1) is 17.4. The highest BCUT2D eigenvalue weighted by Gasteiger charge is 2.31. The molecular formula is C22H18BrN3O. The molecule has 2 N–H and O–H groups in total. The van der Waals surface area contributed by atoms with E-state index in [1.54, 1.807) is 0 Å². The number of ether oxygens (including phenoxy) is 1. The van der Waals surface area contributed by atoms with Crippen LogP contribution in [0.3, 0.4) is 0 Å². The number of nitrogens with zero attached hydrogens (tertiary/aromatic N) is 2. The van der Waals surface area contributed by atoms with Crippen molar-refractivity contribution in [3.8, 4) is 11.8 Å². The third-order valence-electron chi connectivity index (χ3n) is 4.93. The van der Waals surface area contributed by atoms with Crippen LogP contribution in [0.15, 0.2) is 70.5 Å². The second-order valence-corrected chi connectivity index (χ2v) is 7.58. The molecule has 5 heteroatoms. The molecule has 1 unspecified atom stereocenters. The summed E-state index contributed by atoms with van der Waals surface area (Å²) in [5.74, 6) is 0.584. The number of nitriles is 1. The Labute approximate surface area is 166 Å². The van der Waals surface area contributed by atoms with Crippen molar-refractivity contribution >= 4 is 32.4 Å². The summed E-state index contributed by atoms with van der Waals surface area (Å²) >= 11 is 3.62. The second kappa shape index (κ2) is 6.64. The summed E-state index contributed by atoms with van der Waals surface area (Å²) in [5, 5.41) is 12.0. The normalized spacial score (nSPS) is 15.9. The molecule has 134 valence electrons. The van der Waals surface area contributed by atoms with Crippen LogP contribution in [0.4, 0.5) is 5.69 Å². The van der Waals surface area contributed by atoms with Crippen LogP contribution < -0.4 is 15.4 Å². The number of benzene rings is 3.